The number of non-ortho nitro benzene ring substituents is 1. The molecule has 0 aliphatic rings. The monoisotopic (exact) mass is 251 g/mol. The van der Waals surface area contributed by atoms with Crippen molar-refractivity contribution >= 4 is 5.69 Å². The van der Waals surface area contributed by atoms with Gasteiger partial charge in [0, 0.05) is 18.2 Å². The van der Waals surface area contributed by atoms with Crippen LogP contribution in [-0.4, -0.2) is 37.0 Å². The number of nitrogens with one attached hydrogen (secondary N) is 1. The highest BCUT2D eigenvalue weighted by Gasteiger charge is 2.08. The topological polar surface area (TPSA) is 58.4 Å². The fraction of sp³-hybridized carbons (Fsp3) is 0.538. The van der Waals surface area contributed by atoms with Crippen molar-refractivity contribution in [3.8, 4) is 0 Å². The van der Waals surface area contributed by atoms with E-state index in [1.165, 1.54) is 0 Å². The lowest BCUT2D eigenvalue weighted by molar-refractivity contribution is -0.384. The lowest BCUT2D eigenvalue weighted by Crippen LogP contribution is -2.23. The van der Waals surface area contributed by atoms with E-state index < -0.39 is 0 Å². The van der Waals surface area contributed by atoms with Gasteiger partial charge in [-0.1, -0.05) is 12.1 Å². The summed E-state index contributed by atoms with van der Waals surface area (Å²) in [5.41, 5.74) is 1.21. The van der Waals surface area contributed by atoms with Gasteiger partial charge in [0.05, 0.1) is 4.92 Å². The summed E-state index contributed by atoms with van der Waals surface area (Å²) in [5, 5.41) is 13.9. The molecule has 18 heavy (non-hydrogen) atoms. The Labute approximate surface area is 108 Å². The van der Waals surface area contributed by atoms with Crippen molar-refractivity contribution in [1.29, 1.82) is 0 Å². The first-order valence-electron chi connectivity index (χ1n) is 6.13. The molecule has 0 saturated carbocycles. The van der Waals surface area contributed by atoms with Crippen LogP contribution in [-0.2, 0) is 0 Å². The van der Waals surface area contributed by atoms with Crippen LogP contribution in [0.25, 0.3) is 0 Å². The zero-order chi connectivity index (χ0) is 13.5. The van der Waals surface area contributed by atoms with E-state index in [0.29, 0.717) is 0 Å². The fourth-order valence-electron chi connectivity index (χ4n) is 1.72. The summed E-state index contributed by atoms with van der Waals surface area (Å²) in [5.74, 6) is 0. The Morgan fingerprint density at radius 1 is 1.33 bits per heavy atom. The molecule has 0 fully saturated rings. The van der Waals surface area contributed by atoms with Gasteiger partial charge in [-0.05, 0) is 46.1 Å². The molecule has 1 atom stereocenters. The standard InChI is InChI=1S/C13H21N3O2/c1-11(14-9-4-10-15(2)3)12-5-7-13(8-6-12)16(17)18/h5-8,11,14H,4,9-10H2,1-3H3. The molecule has 0 aromatic heterocycles. The number of rotatable bonds is 7. The molecule has 0 spiro atoms. The normalized spacial score (nSPS) is 12.7. The summed E-state index contributed by atoms with van der Waals surface area (Å²) in [7, 11) is 4.11. The van der Waals surface area contributed by atoms with E-state index in [4.69, 9.17) is 0 Å². The third kappa shape index (κ3) is 4.81. The zero-order valence-corrected chi connectivity index (χ0v) is 11.2. The number of hydrogen-bond acceptors (Lipinski definition) is 4. The summed E-state index contributed by atoms with van der Waals surface area (Å²) in [6.07, 6.45) is 1.09. The van der Waals surface area contributed by atoms with Crippen molar-refractivity contribution in [2.24, 2.45) is 0 Å². The van der Waals surface area contributed by atoms with Gasteiger partial charge < -0.3 is 10.2 Å². The van der Waals surface area contributed by atoms with Crippen molar-refractivity contribution in [2.75, 3.05) is 27.2 Å². The summed E-state index contributed by atoms with van der Waals surface area (Å²) in [6, 6.07) is 6.93. The molecule has 0 saturated heterocycles. The van der Waals surface area contributed by atoms with E-state index in [1.807, 2.05) is 12.1 Å². The van der Waals surface area contributed by atoms with E-state index in [-0.39, 0.29) is 16.7 Å². The number of hydrogen-bond donors (Lipinski definition) is 1. The van der Waals surface area contributed by atoms with Crippen LogP contribution in [0.4, 0.5) is 5.69 Å². The first-order chi connectivity index (χ1) is 8.50. The van der Waals surface area contributed by atoms with E-state index in [1.54, 1.807) is 12.1 Å². The molecule has 1 unspecified atom stereocenters. The van der Waals surface area contributed by atoms with Crippen LogP contribution in [0.15, 0.2) is 24.3 Å². The summed E-state index contributed by atoms with van der Waals surface area (Å²) in [4.78, 5) is 12.3. The first-order valence-corrected chi connectivity index (χ1v) is 6.13. The van der Waals surface area contributed by atoms with Gasteiger partial charge in [0.1, 0.15) is 0 Å². The van der Waals surface area contributed by atoms with Crippen molar-refractivity contribution in [3.63, 3.8) is 0 Å². The van der Waals surface area contributed by atoms with Crippen LogP contribution in [0.2, 0.25) is 0 Å². The van der Waals surface area contributed by atoms with Crippen molar-refractivity contribution < 1.29 is 4.92 Å². The molecule has 1 aromatic carbocycles. The summed E-state index contributed by atoms with van der Waals surface area (Å²) >= 11 is 0. The molecule has 0 bridgehead atoms. The smallest absolute Gasteiger partial charge is 0.269 e. The van der Waals surface area contributed by atoms with E-state index >= 15 is 0 Å². The average molecular weight is 251 g/mol. The zero-order valence-electron chi connectivity index (χ0n) is 11.2. The van der Waals surface area contributed by atoms with Crippen LogP contribution >= 0.6 is 0 Å². The van der Waals surface area contributed by atoms with E-state index in [2.05, 4.69) is 31.2 Å². The lowest BCUT2D eigenvalue weighted by Gasteiger charge is -2.15. The Balaban J connectivity index is 2.41. The van der Waals surface area contributed by atoms with Gasteiger partial charge in [-0.15, -0.1) is 0 Å². The van der Waals surface area contributed by atoms with Crippen molar-refractivity contribution in [2.45, 2.75) is 19.4 Å². The molecule has 100 valence electrons. The largest absolute Gasteiger partial charge is 0.310 e. The van der Waals surface area contributed by atoms with Gasteiger partial charge >= 0.3 is 0 Å². The van der Waals surface area contributed by atoms with Gasteiger partial charge in [0.25, 0.3) is 5.69 Å². The molecular formula is C13H21N3O2. The Morgan fingerprint density at radius 2 is 1.94 bits per heavy atom. The minimum atomic E-state index is -0.376. The second-order valence-corrected chi connectivity index (χ2v) is 4.68. The molecule has 0 aliphatic carbocycles. The average Bonchev–Trinajstić information content (AvgIpc) is 2.34. The van der Waals surface area contributed by atoms with Gasteiger partial charge in [0.15, 0.2) is 0 Å². The Kier molecular flexibility index (Phi) is 5.74. The number of nitro benzene ring substituents is 1. The summed E-state index contributed by atoms with van der Waals surface area (Å²) < 4.78 is 0. The van der Waals surface area contributed by atoms with Crippen LogP contribution < -0.4 is 5.32 Å². The molecule has 5 heteroatoms. The Morgan fingerprint density at radius 3 is 2.44 bits per heavy atom. The fourth-order valence-corrected chi connectivity index (χ4v) is 1.72. The molecule has 0 amide bonds. The third-order valence-corrected chi connectivity index (χ3v) is 2.84. The Bertz CT molecular complexity index is 376. The van der Waals surface area contributed by atoms with Crippen molar-refractivity contribution in [1.82, 2.24) is 10.2 Å². The highest BCUT2D eigenvalue weighted by Crippen LogP contribution is 2.17. The van der Waals surface area contributed by atoms with Crippen LogP contribution in [0.1, 0.15) is 24.9 Å². The molecular weight excluding hydrogens is 230 g/mol. The maximum atomic E-state index is 10.5. The number of nitro groups is 1. The van der Waals surface area contributed by atoms with Crippen molar-refractivity contribution in [3.05, 3.63) is 39.9 Å². The molecule has 0 aliphatic heterocycles. The van der Waals surface area contributed by atoms with Crippen LogP contribution in [0.5, 0.6) is 0 Å². The van der Waals surface area contributed by atoms with Gasteiger partial charge in [0.2, 0.25) is 0 Å². The SMILES string of the molecule is CC(NCCCN(C)C)c1ccc([N+](=O)[O-])cc1. The van der Waals surface area contributed by atoms with Gasteiger partial charge in [-0.25, -0.2) is 0 Å². The van der Waals surface area contributed by atoms with Gasteiger partial charge in [-0.3, -0.25) is 10.1 Å². The number of nitrogens with zero attached hydrogens (tertiary/aromatic N) is 2. The maximum Gasteiger partial charge on any atom is 0.269 e. The minimum absolute atomic E-state index is 0.138. The van der Waals surface area contributed by atoms with Gasteiger partial charge in [-0.2, -0.15) is 0 Å². The molecule has 1 rings (SSSR count). The number of benzene rings is 1. The Hall–Kier alpha value is -1.46. The highest BCUT2D eigenvalue weighted by atomic mass is 16.6. The minimum Gasteiger partial charge on any atom is -0.310 e. The highest BCUT2D eigenvalue weighted by molar-refractivity contribution is 5.33. The molecule has 0 radical (unpaired) electrons. The quantitative estimate of drug-likeness (QED) is 0.458. The second kappa shape index (κ2) is 7.08. The maximum absolute atomic E-state index is 10.5. The van der Waals surface area contributed by atoms with E-state index in [0.717, 1.165) is 25.1 Å². The van der Waals surface area contributed by atoms with Crippen LogP contribution in [0, 0.1) is 10.1 Å². The summed E-state index contributed by atoms with van der Waals surface area (Å²) in [6.45, 7) is 4.06. The second-order valence-electron chi connectivity index (χ2n) is 4.68. The predicted molar refractivity (Wildman–Crippen MR) is 72.7 cm³/mol. The first kappa shape index (κ1) is 14.6. The lowest BCUT2D eigenvalue weighted by atomic mass is 10.1. The molecule has 1 aromatic rings. The molecule has 0 heterocycles. The third-order valence-electron chi connectivity index (χ3n) is 2.84. The predicted octanol–water partition coefficient (Wildman–Crippen LogP) is 2.20. The molecule has 5 nitrogen and oxygen atoms in total. The van der Waals surface area contributed by atoms with E-state index in [9.17, 15) is 10.1 Å². The van der Waals surface area contributed by atoms with Crippen LogP contribution in [0.3, 0.4) is 0 Å². The molecule has 1 N–H and O–H groups in total.